The molecule has 9 nitrogen and oxygen atoms in total. The van der Waals surface area contributed by atoms with Crippen molar-refractivity contribution in [3.8, 4) is 11.3 Å². The van der Waals surface area contributed by atoms with Crippen LogP contribution in [0.3, 0.4) is 0 Å². The van der Waals surface area contributed by atoms with Gasteiger partial charge in [-0.3, -0.25) is 4.98 Å². The maximum absolute atomic E-state index is 13.4. The van der Waals surface area contributed by atoms with E-state index in [0.29, 0.717) is 24.4 Å². The van der Waals surface area contributed by atoms with Gasteiger partial charge in [0.2, 0.25) is 10.0 Å². The van der Waals surface area contributed by atoms with Gasteiger partial charge in [0.25, 0.3) is 0 Å². The molecule has 1 aliphatic rings. The third kappa shape index (κ3) is 3.33. The van der Waals surface area contributed by atoms with Crippen molar-refractivity contribution < 1.29 is 8.42 Å². The summed E-state index contributed by atoms with van der Waals surface area (Å²) in [4.78, 5) is 12.5. The number of fused-ring (bicyclic) bond motifs is 1. The number of hydrogen-bond acceptors (Lipinski definition) is 7. The van der Waals surface area contributed by atoms with Gasteiger partial charge < -0.3 is 5.73 Å². The first-order valence-electron chi connectivity index (χ1n) is 9.90. The van der Waals surface area contributed by atoms with Gasteiger partial charge in [-0.15, -0.1) is 0 Å². The fourth-order valence-corrected chi connectivity index (χ4v) is 5.59. The van der Waals surface area contributed by atoms with Gasteiger partial charge in [0.15, 0.2) is 11.5 Å². The molecule has 1 fully saturated rings. The van der Waals surface area contributed by atoms with Crippen LogP contribution in [0.25, 0.3) is 16.9 Å². The Morgan fingerprint density at radius 2 is 1.94 bits per heavy atom. The highest BCUT2D eigenvalue weighted by Crippen LogP contribution is 2.33. The summed E-state index contributed by atoms with van der Waals surface area (Å²) >= 11 is 0. The summed E-state index contributed by atoms with van der Waals surface area (Å²) in [6.45, 7) is 2.86. The number of nitrogen functional groups attached to an aromatic ring is 1. The Labute approximate surface area is 179 Å². The van der Waals surface area contributed by atoms with Gasteiger partial charge in [-0.05, 0) is 54.7 Å². The Kier molecular flexibility index (Phi) is 4.67. The topological polar surface area (TPSA) is 119 Å². The fraction of sp³-hybridized carbons (Fsp3) is 0.238. The summed E-state index contributed by atoms with van der Waals surface area (Å²) in [5.74, 6) is 0.433. The molecule has 158 valence electrons. The summed E-state index contributed by atoms with van der Waals surface area (Å²) in [5, 5.41) is 4.23. The standard InChI is InChI=1S/C21H21N7O2S/c1-14-2-3-17(10-18(14)19-11-24-21-20(22)25-13-26-28(19)21)31(29,30)27-9-6-16(12-27)15-4-7-23-8-5-15/h2-5,7-8,10-11,13,16H,6,9,12H2,1H3,(H2,22,25,26). The van der Waals surface area contributed by atoms with E-state index in [-0.39, 0.29) is 16.6 Å². The molecule has 0 spiro atoms. The van der Waals surface area contributed by atoms with E-state index in [1.165, 1.54) is 6.33 Å². The lowest BCUT2D eigenvalue weighted by Gasteiger charge is -2.18. The molecule has 3 aromatic heterocycles. The van der Waals surface area contributed by atoms with Crippen molar-refractivity contribution in [3.63, 3.8) is 0 Å². The van der Waals surface area contributed by atoms with Crippen LogP contribution in [0.1, 0.15) is 23.5 Å². The molecule has 1 atom stereocenters. The number of benzene rings is 1. The van der Waals surface area contributed by atoms with Crippen LogP contribution in [-0.4, -0.2) is 50.4 Å². The maximum atomic E-state index is 13.4. The number of nitrogens with zero attached hydrogens (tertiary/aromatic N) is 6. The Morgan fingerprint density at radius 3 is 2.74 bits per heavy atom. The predicted molar refractivity (Wildman–Crippen MR) is 116 cm³/mol. The van der Waals surface area contributed by atoms with Crippen molar-refractivity contribution in [2.45, 2.75) is 24.2 Å². The van der Waals surface area contributed by atoms with Crippen LogP contribution >= 0.6 is 0 Å². The second kappa shape index (κ2) is 7.40. The molecule has 0 bridgehead atoms. The number of aryl methyl sites for hydroxylation is 1. The van der Waals surface area contributed by atoms with Crippen LogP contribution in [0.5, 0.6) is 0 Å². The molecule has 0 saturated carbocycles. The van der Waals surface area contributed by atoms with Gasteiger partial charge in [-0.2, -0.15) is 9.40 Å². The summed E-state index contributed by atoms with van der Waals surface area (Å²) in [7, 11) is -3.64. The third-order valence-corrected chi connectivity index (χ3v) is 7.64. The highest BCUT2D eigenvalue weighted by atomic mass is 32.2. The van der Waals surface area contributed by atoms with Crippen molar-refractivity contribution in [2.75, 3.05) is 18.8 Å². The lowest BCUT2D eigenvalue weighted by molar-refractivity contribution is 0.473. The average Bonchev–Trinajstić information content (AvgIpc) is 3.43. The van der Waals surface area contributed by atoms with E-state index in [2.05, 4.69) is 20.1 Å². The average molecular weight is 436 g/mol. The number of aromatic nitrogens is 5. The molecule has 31 heavy (non-hydrogen) atoms. The van der Waals surface area contributed by atoms with Crippen molar-refractivity contribution in [2.24, 2.45) is 0 Å². The number of anilines is 1. The predicted octanol–water partition coefficient (Wildman–Crippen LogP) is 2.26. The minimum Gasteiger partial charge on any atom is -0.381 e. The lowest BCUT2D eigenvalue weighted by Crippen LogP contribution is -2.28. The molecule has 1 aliphatic heterocycles. The normalized spacial score (nSPS) is 17.4. The minimum absolute atomic E-state index is 0.168. The van der Waals surface area contributed by atoms with E-state index < -0.39 is 10.0 Å². The van der Waals surface area contributed by atoms with Crippen molar-refractivity contribution in [3.05, 3.63) is 66.4 Å². The van der Waals surface area contributed by atoms with E-state index in [9.17, 15) is 8.42 Å². The number of hydrogen-bond donors (Lipinski definition) is 1. The molecule has 2 N–H and O–H groups in total. The van der Waals surface area contributed by atoms with E-state index in [1.807, 2.05) is 25.1 Å². The minimum atomic E-state index is -3.64. The third-order valence-electron chi connectivity index (χ3n) is 5.78. The van der Waals surface area contributed by atoms with E-state index in [4.69, 9.17) is 5.73 Å². The second-order valence-corrected chi connectivity index (χ2v) is 9.57. The quantitative estimate of drug-likeness (QED) is 0.522. The van der Waals surface area contributed by atoms with Gasteiger partial charge in [-0.1, -0.05) is 6.07 Å². The van der Waals surface area contributed by atoms with Gasteiger partial charge in [0.05, 0.1) is 16.8 Å². The molecule has 1 aromatic carbocycles. The van der Waals surface area contributed by atoms with Crippen molar-refractivity contribution >= 4 is 21.5 Å². The largest absolute Gasteiger partial charge is 0.381 e. The number of rotatable bonds is 4. The maximum Gasteiger partial charge on any atom is 0.243 e. The zero-order valence-corrected chi connectivity index (χ0v) is 17.7. The van der Waals surface area contributed by atoms with Gasteiger partial charge in [0.1, 0.15) is 6.33 Å². The van der Waals surface area contributed by atoms with Crippen LogP contribution in [-0.2, 0) is 10.0 Å². The molecule has 5 rings (SSSR count). The van der Waals surface area contributed by atoms with E-state index in [0.717, 1.165) is 23.1 Å². The first-order chi connectivity index (χ1) is 14.9. The molecule has 4 heterocycles. The summed E-state index contributed by atoms with van der Waals surface area (Å²) in [6.07, 6.45) is 7.25. The van der Waals surface area contributed by atoms with Crippen molar-refractivity contribution in [1.82, 2.24) is 28.9 Å². The first-order valence-corrected chi connectivity index (χ1v) is 11.3. The van der Waals surface area contributed by atoms with Crippen LogP contribution < -0.4 is 5.73 Å². The molecule has 10 heteroatoms. The summed E-state index contributed by atoms with van der Waals surface area (Å²) in [5.41, 5.74) is 9.74. The highest BCUT2D eigenvalue weighted by molar-refractivity contribution is 7.89. The molecule has 0 radical (unpaired) electrons. The molecule has 0 aliphatic carbocycles. The van der Waals surface area contributed by atoms with Gasteiger partial charge >= 0.3 is 0 Å². The number of nitrogens with two attached hydrogens (primary N) is 1. The Bertz CT molecular complexity index is 1370. The van der Waals surface area contributed by atoms with Crippen LogP contribution in [0.4, 0.5) is 5.82 Å². The van der Waals surface area contributed by atoms with Crippen LogP contribution in [0, 0.1) is 6.92 Å². The van der Waals surface area contributed by atoms with Gasteiger partial charge in [0, 0.05) is 31.0 Å². The Morgan fingerprint density at radius 1 is 1.13 bits per heavy atom. The zero-order chi connectivity index (χ0) is 21.6. The smallest absolute Gasteiger partial charge is 0.243 e. The second-order valence-electron chi connectivity index (χ2n) is 7.63. The lowest BCUT2D eigenvalue weighted by atomic mass is 10.0. The molecule has 4 aromatic rings. The van der Waals surface area contributed by atoms with Crippen LogP contribution in [0.15, 0.2) is 60.1 Å². The summed E-state index contributed by atoms with van der Waals surface area (Å²) in [6, 6.07) is 9.04. The highest BCUT2D eigenvalue weighted by Gasteiger charge is 2.33. The number of sulfonamides is 1. The molecule has 1 saturated heterocycles. The van der Waals surface area contributed by atoms with E-state index in [1.54, 1.807) is 39.5 Å². The fourth-order valence-electron chi connectivity index (χ4n) is 4.06. The molecule has 0 amide bonds. The van der Waals surface area contributed by atoms with Crippen molar-refractivity contribution in [1.29, 1.82) is 0 Å². The zero-order valence-electron chi connectivity index (χ0n) is 16.9. The molecular weight excluding hydrogens is 414 g/mol. The summed E-state index contributed by atoms with van der Waals surface area (Å²) < 4.78 is 30.0. The molecule has 1 unspecified atom stereocenters. The number of pyridine rings is 1. The SMILES string of the molecule is Cc1ccc(S(=O)(=O)N2CCC(c3ccncc3)C2)cc1-c1cnc2c(N)ncnn12. The van der Waals surface area contributed by atoms with Gasteiger partial charge in [-0.25, -0.2) is 22.9 Å². The first kappa shape index (κ1) is 19.6. The molecular formula is C21H21N7O2S. The Balaban J connectivity index is 1.50. The number of imidazole rings is 1. The van der Waals surface area contributed by atoms with Crippen LogP contribution in [0.2, 0.25) is 0 Å². The van der Waals surface area contributed by atoms with E-state index >= 15 is 0 Å². The Hall–Kier alpha value is -3.37. The monoisotopic (exact) mass is 435 g/mol.